The van der Waals surface area contributed by atoms with Gasteiger partial charge in [-0.3, -0.25) is 4.79 Å². The zero-order valence-corrected chi connectivity index (χ0v) is 18.0. The van der Waals surface area contributed by atoms with Gasteiger partial charge in [0.25, 0.3) is 0 Å². The number of rotatable bonds is 6. The van der Waals surface area contributed by atoms with Crippen molar-refractivity contribution in [2.45, 2.75) is 13.5 Å². The molecule has 1 amide bonds. The summed E-state index contributed by atoms with van der Waals surface area (Å²) in [4.78, 5) is 24.6. The van der Waals surface area contributed by atoms with Crippen LogP contribution in [0, 0.1) is 0 Å². The second-order valence-electron chi connectivity index (χ2n) is 7.12. The van der Waals surface area contributed by atoms with Crippen LogP contribution in [0.25, 0.3) is 28.0 Å². The van der Waals surface area contributed by atoms with Crippen LogP contribution in [-0.4, -0.2) is 30.6 Å². The highest BCUT2D eigenvalue weighted by Gasteiger charge is 2.13. The maximum Gasteiger partial charge on any atom is 0.217 e. The maximum atomic E-state index is 11.1. The molecular weight excluding hydrogens is 422 g/mol. The predicted molar refractivity (Wildman–Crippen MR) is 125 cm³/mol. The molecular formula is C23H19N7OS. The lowest BCUT2D eigenvalue weighted by molar-refractivity contribution is -0.119. The van der Waals surface area contributed by atoms with Crippen molar-refractivity contribution in [3.8, 4) is 16.9 Å². The Morgan fingerprint density at radius 2 is 1.88 bits per heavy atom. The van der Waals surface area contributed by atoms with Gasteiger partial charge in [0.15, 0.2) is 10.8 Å². The van der Waals surface area contributed by atoms with Crippen molar-refractivity contribution >= 4 is 39.2 Å². The van der Waals surface area contributed by atoms with Crippen molar-refractivity contribution in [2.75, 3.05) is 5.32 Å². The summed E-state index contributed by atoms with van der Waals surface area (Å²) in [6, 6.07) is 17.8. The lowest BCUT2D eigenvalue weighted by atomic mass is 10.1. The summed E-state index contributed by atoms with van der Waals surface area (Å²) in [5.74, 6) is 0.612. The molecule has 32 heavy (non-hydrogen) atoms. The van der Waals surface area contributed by atoms with Gasteiger partial charge in [0.2, 0.25) is 5.91 Å². The Kier molecular flexibility index (Phi) is 5.30. The zero-order valence-electron chi connectivity index (χ0n) is 17.2. The van der Waals surface area contributed by atoms with Crippen LogP contribution in [0.5, 0.6) is 0 Å². The lowest BCUT2D eigenvalue weighted by Crippen LogP contribution is -2.18. The van der Waals surface area contributed by atoms with E-state index in [2.05, 4.69) is 25.7 Å². The number of thiazole rings is 1. The fraction of sp³-hybridized carbons (Fsp3) is 0.0870. The van der Waals surface area contributed by atoms with Crippen LogP contribution in [0.15, 0.2) is 72.5 Å². The Morgan fingerprint density at radius 1 is 1.06 bits per heavy atom. The molecule has 0 unspecified atom stereocenters. The van der Waals surface area contributed by atoms with E-state index in [0.717, 1.165) is 38.7 Å². The molecule has 0 spiro atoms. The van der Waals surface area contributed by atoms with Gasteiger partial charge in [-0.15, -0.1) is 11.3 Å². The number of benzene rings is 2. The van der Waals surface area contributed by atoms with Gasteiger partial charge in [0.1, 0.15) is 12.1 Å². The predicted octanol–water partition coefficient (Wildman–Crippen LogP) is 4.32. The quantitative estimate of drug-likeness (QED) is 0.407. The first-order valence-corrected chi connectivity index (χ1v) is 10.9. The number of amides is 1. The van der Waals surface area contributed by atoms with E-state index in [1.165, 1.54) is 24.6 Å². The number of para-hydroxylation sites is 1. The third kappa shape index (κ3) is 4.06. The molecule has 5 rings (SSSR count). The van der Waals surface area contributed by atoms with E-state index in [4.69, 9.17) is 4.98 Å². The summed E-state index contributed by atoms with van der Waals surface area (Å²) >= 11 is 1.50. The molecule has 8 nitrogen and oxygen atoms in total. The second kappa shape index (κ2) is 8.56. The molecule has 9 heteroatoms. The van der Waals surface area contributed by atoms with Crippen molar-refractivity contribution < 1.29 is 4.79 Å². The molecule has 0 fully saturated rings. The number of nitrogens with one attached hydrogen (secondary N) is 2. The average Bonchev–Trinajstić information content (AvgIpc) is 3.46. The molecule has 0 aliphatic rings. The summed E-state index contributed by atoms with van der Waals surface area (Å²) in [6.07, 6.45) is 3.28. The molecule has 0 aliphatic carbocycles. The summed E-state index contributed by atoms with van der Waals surface area (Å²) in [7, 11) is 0. The zero-order chi connectivity index (χ0) is 21.9. The largest absolute Gasteiger partial charge is 0.352 e. The Morgan fingerprint density at radius 3 is 2.66 bits per heavy atom. The molecule has 5 aromatic rings. The van der Waals surface area contributed by atoms with Crippen molar-refractivity contribution in [2.24, 2.45) is 0 Å². The number of anilines is 2. The average molecular weight is 442 g/mol. The molecule has 2 aromatic carbocycles. The summed E-state index contributed by atoms with van der Waals surface area (Å²) in [6.45, 7) is 2.02. The third-order valence-corrected chi connectivity index (χ3v) is 5.64. The van der Waals surface area contributed by atoms with Gasteiger partial charge in [-0.1, -0.05) is 42.5 Å². The lowest BCUT2D eigenvalue weighted by Gasteiger charge is -2.05. The van der Waals surface area contributed by atoms with Crippen LogP contribution >= 0.6 is 11.3 Å². The van der Waals surface area contributed by atoms with E-state index in [1.54, 1.807) is 10.9 Å². The van der Waals surface area contributed by atoms with Crippen molar-refractivity contribution in [1.29, 1.82) is 0 Å². The van der Waals surface area contributed by atoms with Crippen molar-refractivity contribution in [1.82, 2.24) is 30.0 Å². The minimum Gasteiger partial charge on any atom is -0.352 e. The number of hydrogen-bond donors (Lipinski definition) is 2. The van der Waals surface area contributed by atoms with Crippen LogP contribution in [0.2, 0.25) is 0 Å². The van der Waals surface area contributed by atoms with E-state index in [1.807, 2.05) is 60.0 Å². The molecule has 3 aromatic heterocycles. The highest BCUT2D eigenvalue weighted by molar-refractivity contribution is 7.14. The fourth-order valence-electron chi connectivity index (χ4n) is 3.29. The Hall–Kier alpha value is -4.11. The monoisotopic (exact) mass is 441 g/mol. The number of fused-ring (bicyclic) bond motifs is 1. The summed E-state index contributed by atoms with van der Waals surface area (Å²) < 4.78 is 1.79. The minimum atomic E-state index is -0.0440. The molecule has 0 aliphatic heterocycles. The Balaban J connectivity index is 1.37. The first-order chi connectivity index (χ1) is 15.7. The molecule has 2 N–H and O–H groups in total. The number of hydrogen-bond acceptors (Lipinski definition) is 7. The van der Waals surface area contributed by atoms with E-state index in [0.29, 0.717) is 12.4 Å². The van der Waals surface area contributed by atoms with Gasteiger partial charge in [0.05, 0.1) is 23.0 Å². The number of nitrogens with zero attached hydrogens (tertiary/aromatic N) is 5. The van der Waals surface area contributed by atoms with Gasteiger partial charge in [0, 0.05) is 24.4 Å². The van der Waals surface area contributed by atoms with Gasteiger partial charge >= 0.3 is 0 Å². The van der Waals surface area contributed by atoms with Crippen molar-refractivity contribution in [3.05, 3.63) is 78.1 Å². The van der Waals surface area contributed by atoms with Crippen LogP contribution in [0.1, 0.15) is 12.5 Å². The Labute approximate surface area is 188 Å². The smallest absolute Gasteiger partial charge is 0.217 e. The van der Waals surface area contributed by atoms with E-state index >= 15 is 0 Å². The van der Waals surface area contributed by atoms with E-state index in [-0.39, 0.29) is 5.91 Å². The number of carbonyl (C=O) groups excluding carboxylic acids is 1. The molecule has 0 saturated carbocycles. The minimum absolute atomic E-state index is 0.0440. The first-order valence-electron chi connectivity index (χ1n) is 9.98. The van der Waals surface area contributed by atoms with Crippen LogP contribution in [0.4, 0.5) is 10.9 Å². The molecule has 3 heterocycles. The normalized spacial score (nSPS) is 10.9. The van der Waals surface area contributed by atoms with Gasteiger partial charge in [-0.2, -0.15) is 5.10 Å². The van der Waals surface area contributed by atoms with Gasteiger partial charge in [-0.25, -0.2) is 19.6 Å². The van der Waals surface area contributed by atoms with Crippen LogP contribution in [-0.2, 0) is 11.3 Å². The third-order valence-electron chi connectivity index (χ3n) is 4.89. The van der Waals surface area contributed by atoms with Crippen LogP contribution < -0.4 is 10.6 Å². The van der Waals surface area contributed by atoms with Crippen molar-refractivity contribution in [3.63, 3.8) is 0 Å². The Bertz CT molecular complexity index is 1380. The molecule has 0 radical (unpaired) electrons. The van der Waals surface area contributed by atoms with Crippen LogP contribution in [0.3, 0.4) is 0 Å². The fourth-order valence-corrected chi connectivity index (χ4v) is 4.01. The van der Waals surface area contributed by atoms with Gasteiger partial charge < -0.3 is 10.6 Å². The van der Waals surface area contributed by atoms with E-state index < -0.39 is 0 Å². The standard InChI is InChI=1S/C23H19N7OS/c1-15(31)24-11-16-7-9-17(10-8-16)20-13-32-23(28-20)29-21-19-12-27-30(22(19)26-14-25-21)18-5-3-2-4-6-18/h2-10,12-14H,11H2,1H3,(H,24,31)(H,25,26,28,29). The number of carbonyl (C=O) groups is 1. The number of aromatic nitrogens is 5. The second-order valence-corrected chi connectivity index (χ2v) is 7.98. The summed E-state index contributed by atoms with van der Waals surface area (Å²) in [5, 5.41) is 14.1. The van der Waals surface area contributed by atoms with Gasteiger partial charge in [-0.05, 0) is 17.7 Å². The molecule has 0 bridgehead atoms. The highest BCUT2D eigenvalue weighted by atomic mass is 32.1. The molecule has 0 atom stereocenters. The maximum absolute atomic E-state index is 11.1. The SMILES string of the molecule is CC(=O)NCc1ccc(-c2csc(Nc3ncnc4c3cnn4-c3ccccc3)n2)cc1. The topological polar surface area (TPSA) is 97.6 Å². The summed E-state index contributed by atoms with van der Waals surface area (Å²) in [5.41, 5.74) is 4.57. The molecule has 158 valence electrons. The molecule has 0 saturated heterocycles. The highest BCUT2D eigenvalue weighted by Crippen LogP contribution is 2.29. The first kappa shape index (κ1) is 19.8. The van der Waals surface area contributed by atoms with E-state index in [9.17, 15) is 4.79 Å².